The third kappa shape index (κ3) is 4.67. The van der Waals surface area contributed by atoms with Crippen molar-refractivity contribution >= 4 is 32.0 Å². The zero-order chi connectivity index (χ0) is 18.1. The molecular weight excluding hydrogens is 403 g/mol. The van der Waals surface area contributed by atoms with Crippen LogP contribution in [0.4, 0.5) is 9.18 Å². The number of ether oxygens (including phenoxy) is 1. The van der Waals surface area contributed by atoms with E-state index in [4.69, 9.17) is 4.74 Å². The summed E-state index contributed by atoms with van der Waals surface area (Å²) >= 11 is 3.24. The fourth-order valence-corrected chi connectivity index (χ4v) is 4.01. The summed E-state index contributed by atoms with van der Waals surface area (Å²) in [6, 6.07) is 5.16. The Morgan fingerprint density at radius 2 is 1.88 bits per heavy atom. The SMILES string of the molecule is CC(C)(C)OC(=O)N[C@H]1CN(S(=O)(=O)c2ccc(Br)cc2)C[C@@H]1F. The van der Waals surface area contributed by atoms with Crippen LogP contribution in [0.1, 0.15) is 20.8 Å². The molecule has 1 fully saturated rings. The summed E-state index contributed by atoms with van der Waals surface area (Å²) in [7, 11) is -3.81. The summed E-state index contributed by atoms with van der Waals surface area (Å²) in [5.74, 6) is 0. The first-order chi connectivity index (χ1) is 11.0. The van der Waals surface area contributed by atoms with E-state index in [0.717, 1.165) is 8.78 Å². The summed E-state index contributed by atoms with van der Waals surface area (Å²) in [4.78, 5) is 11.8. The predicted molar refractivity (Wildman–Crippen MR) is 91.0 cm³/mol. The molecule has 0 saturated carbocycles. The van der Waals surface area contributed by atoms with Crippen molar-refractivity contribution in [2.45, 2.75) is 43.5 Å². The van der Waals surface area contributed by atoms with Crippen molar-refractivity contribution in [3.63, 3.8) is 0 Å². The number of nitrogens with one attached hydrogen (secondary N) is 1. The third-order valence-corrected chi connectivity index (χ3v) is 5.74. The van der Waals surface area contributed by atoms with Gasteiger partial charge in [-0.3, -0.25) is 0 Å². The predicted octanol–water partition coefficient (Wildman–Crippen LogP) is 2.68. The topological polar surface area (TPSA) is 75.7 Å². The van der Waals surface area contributed by atoms with Gasteiger partial charge in [-0.15, -0.1) is 0 Å². The minimum atomic E-state index is -3.81. The van der Waals surface area contributed by atoms with Crippen LogP contribution in [-0.2, 0) is 14.8 Å². The molecule has 1 N–H and O–H groups in total. The molecule has 1 aromatic rings. The van der Waals surface area contributed by atoms with Crippen molar-refractivity contribution in [3.8, 4) is 0 Å². The number of alkyl carbamates (subject to hydrolysis) is 1. The summed E-state index contributed by atoms with van der Waals surface area (Å²) in [5, 5.41) is 2.40. The summed E-state index contributed by atoms with van der Waals surface area (Å²) < 4.78 is 46.1. The number of nitrogens with zero attached hydrogens (tertiary/aromatic N) is 1. The van der Waals surface area contributed by atoms with Crippen molar-refractivity contribution in [2.75, 3.05) is 13.1 Å². The smallest absolute Gasteiger partial charge is 0.408 e. The lowest BCUT2D eigenvalue weighted by Crippen LogP contribution is -2.44. The molecule has 1 saturated heterocycles. The Morgan fingerprint density at radius 1 is 1.29 bits per heavy atom. The molecule has 1 aliphatic heterocycles. The van der Waals surface area contributed by atoms with Gasteiger partial charge in [0, 0.05) is 17.6 Å². The van der Waals surface area contributed by atoms with Crippen molar-refractivity contribution in [3.05, 3.63) is 28.7 Å². The highest BCUT2D eigenvalue weighted by molar-refractivity contribution is 9.10. The summed E-state index contributed by atoms with van der Waals surface area (Å²) in [6.07, 6.45) is -2.26. The second kappa shape index (κ2) is 6.97. The van der Waals surface area contributed by atoms with E-state index >= 15 is 0 Å². The Bertz CT molecular complexity index is 703. The first-order valence-corrected chi connectivity index (χ1v) is 9.61. The maximum absolute atomic E-state index is 14.2. The van der Waals surface area contributed by atoms with Crippen molar-refractivity contribution < 1.29 is 22.3 Å². The van der Waals surface area contributed by atoms with Crippen LogP contribution in [0.3, 0.4) is 0 Å². The van der Waals surface area contributed by atoms with E-state index < -0.39 is 33.9 Å². The van der Waals surface area contributed by atoms with Gasteiger partial charge in [-0.25, -0.2) is 17.6 Å². The van der Waals surface area contributed by atoms with Gasteiger partial charge in [0.05, 0.1) is 10.9 Å². The number of carbonyl (C=O) groups excluding carboxylic acids is 1. The van der Waals surface area contributed by atoms with E-state index in [1.165, 1.54) is 12.1 Å². The Hall–Kier alpha value is -1.19. The molecule has 1 aliphatic rings. The number of hydrogen-bond donors (Lipinski definition) is 1. The molecule has 0 bridgehead atoms. The minimum absolute atomic E-state index is 0.0795. The summed E-state index contributed by atoms with van der Waals surface area (Å²) in [6.45, 7) is 4.63. The number of carbonyl (C=O) groups is 1. The normalized spacial score (nSPS) is 22.4. The maximum Gasteiger partial charge on any atom is 0.408 e. The van der Waals surface area contributed by atoms with Crippen LogP contribution in [0.2, 0.25) is 0 Å². The molecule has 1 heterocycles. The van der Waals surface area contributed by atoms with Gasteiger partial charge in [0.1, 0.15) is 11.8 Å². The van der Waals surface area contributed by atoms with E-state index in [9.17, 15) is 17.6 Å². The largest absolute Gasteiger partial charge is 0.444 e. The molecule has 134 valence electrons. The van der Waals surface area contributed by atoms with Gasteiger partial charge < -0.3 is 10.1 Å². The van der Waals surface area contributed by atoms with Crippen LogP contribution in [0.15, 0.2) is 33.6 Å². The zero-order valence-corrected chi connectivity index (χ0v) is 16.0. The van der Waals surface area contributed by atoms with Gasteiger partial charge in [-0.2, -0.15) is 4.31 Å². The van der Waals surface area contributed by atoms with Gasteiger partial charge in [-0.05, 0) is 45.0 Å². The Balaban J connectivity index is 2.07. The molecule has 0 unspecified atom stereocenters. The standard InChI is InChI=1S/C15H20BrFN2O4S/c1-15(2,3)23-14(20)18-13-9-19(8-12(13)17)24(21,22)11-6-4-10(16)5-7-11/h4-7,12-13H,8-9H2,1-3H3,(H,18,20)/t12-,13-/m0/s1. The Labute approximate surface area is 149 Å². The van der Waals surface area contributed by atoms with Crippen LogP contribution in [-0.4, -0.2) is 49.7 Å². The molecule has 0 aliphatic carbocycles. The molecule has 6 nitrogen and oxygen atoms in total. The van der Waals surface area contributed by atoms with Gasteiger partial charge in [-0.1, -0.05) is 15.9 Å². The fourth-order valence-electron chi connectivity index (χ4n) is 2.28. The molecule has 24 heavy (non-hydrogen) atoms. The lowest BCUT2D eigenvalue weighted by Gasteiger charge is -2.22. The van der Waals surface area contributed by atoms with Crippen LogP contribution in [0.5, 0.6) is 0 Å². The van der Waals surface area contributed by atoms with Crippen LogP contribution >= 0.6 is 15.9 Å². The molecular formula is C15H20BrFN2O4S. The van der Waals surface area contributed by atoms with E-state index in [2.05, 4.69) is 21.2 Å². The van der Waals surface area contributed by atoms with E-state index in [0.29, 0.717) is 0 Å². The van der Waals surface area contributed by atoms with E-state index in [1.807, 2.05) is 0 Å². The molecule has 0 aromatic heterocycles. The average molecular weight is 423 g/mol. The minimum Gasteiger partial charge on any atom is -0.444 e. The Morgan fingerprint density at radius 3 is 2.42 bits per heavy atom. The molecule has 0 spiro atoms. The molecule has 2 rings (SSSR count). The van der Waals surface area contributed by atoms with Crippen molar-refractivity contribution in [2.24, 2.45) is 0 Å². The van der Waals surface area contributed by atoms with Crippen molar-refractivity contribution in [1.29, 1.82) is 0 Å². The van der Waals surface area contributed by atoms with Gasteiger partial charge in [0.25, 0.3) is 0 Å². The first-order valence-electron chi connectivity index (χ1n) is 7.38. The number of benzene rings is 1. The van der Waals surface area contributed by atoms with Crippen LogP contribution in [0, 0.1) is 0 Å². The molecule has 9 heteroatoms. The fraction of sp³-hybridized carbons (Fsp3) is 0.533. The Kier molecular flexibility index (Phi) is 5.56. The number of hydrogen-bond acceptors (Lipinski definition) is 4. The maximum atomic E-state index is 14.2. The van der Waals surface area contributed by atoms with Gasteiger partial charge >= 0.3 is 6.09 Å². The number of rotatable bonds is 3. The monoisotopic (exact) mass is 422 g/mol. The highest BCUT2D eigenvalue weighted by atomic mass is 79.9. The lowest BCUT2D eigenvalue weighted by atomic mass is 10.2. The van der Waals surface area contributed by atoms with Crippen LogP contribution < -0.4 is 5.32 Å². The average Bonchev–Trinajstić information content (AvgIpc) is 2.79. The molecule has 1 amide bonds. The number of alkyl halides is 1. The third-order valence-electron chi connectivity index (χ3n) is 3.37. The zero-order valence-electron chi connectivity index (χ0n) is 13.6. The second-order valence-electron chi connectivity index (χ2n) is 6.54. The number of halogens is 2. The number of amides is 1. The summed E-state index contributed by atoms with van der Waals surface area (Å²) in [5.41, 5.74) is -0.711. The molecule has 2 atom stereocenters. The lowest BCUT2D eigenvalue weighted by molar-refractivity contribution is 0.0489. The van der Waals surface area contributed by atoms with Crippen LogP contribution in [0.25, 0.3) is 0 Å². The molecule has 1 aromatic carbocycles. The first kappa shape index (κ1) is 19.1. The quantitative estimate of drug-likeness (QED) is 0.812. The highest BCUT2D eigenvalue weighted by Gasteiger charge is 2.40. The van der Waals surface area contributed by atoms with E-state index in [-0.39, 0.29) is 18.0 Å². The van der Waals surface area contributed by atoms with Gasteiger partial charge in [0.2, 0.25) is 10.0 Å². The number of sulfonamides is 1. The highest BCUT2D eigenvalue weighted by Crippen LogP contribution is 2.24. The second-order valence-corrected chi connectivity index (χ2v) is 9.40. The molecule has 0 radical (unpaired) electrons. The van der Waals surface area contributed by atoms with Crippen molar-refractivity contribution in [1.82, 2.24) is 9.62 Å². The van der Waals surface area contributed by atoms with E-state index in [1.54, 1.807) is 32.9 Å². The van der Waals surface area contributed by atoms with Gasteiger partial charge in [0.15, 0.2) is 0 Å².